The lowest BCUT2D eigenvalue weighted by atomic mass is 9.84. The summed E-state index contributed by atoms with van der Waals surface area (Å²) in [5.74, 6) is 1.29. The van der Waals surface area contributed by atoms with Crippen LogP contribution in [0.4, 0.5) is 0 Å². The third-order valence-electron chi connectivity index (χ3n) is 2.85. The normalized spacial score (nSPS) is 11.3. The molecule has 0 unspecified atom stereocenters. The zero-order valence-electron chi connectivity index (χ0n) is 10.7. The minimum Gasteiger partial charge on any atom is -0.496 e. The molecule has 0 aliphatic rings. The van der Waals surface area contributed by atoms with E-state index in [1.807, 2.05) is 26.0 Å². The Balaban J connectivity index is 3.29. The second-order valence-electron chi connectivity index (χ2n) is 4.85. The molecule has 0 heterocycles. The molecule has 0 fully saturated rings. The van der Waals surface area contributed by atoms with Crippen LogP contribution in [-0.2, 0) is 5.41 Å². The predicted octanol–water partition coefficient (Wildman–Crippen LogP) is 3.62. The topological polar surface area (TPSA) is 33.0 Å². The molecule has 86 valence electrons. The maximum absolute atomic E-state index is 9.12. The summed E-state index contributed by atoms with van der Waals surface area (Å²) in [5.41, 5.74) is 1.75. The molecule has 0 N–H and O–H groups in total. The van der Waals surface area contributed by atoms with Crippen molar-refractivity contribution in [3.63, 3.8) is 0 Å². The average molecular weight is 217 g/mol. The standard InChI is InChI=1S/C14H19NO/c1-10(2)12-8-11(14(3,4)9-15)6-7-13(12)16-5/h6-8,10H,1-5H3. The highest BCUT2D eigenvalue weighted by atomic mass is 16.5. The van der Waals surface area contributed by atoms with Gasteiger partial charge in [0, 0.05) is 0 Å². The number of hydrogen-bond acceptors (Lipinski definition) is 2. The van der Waals surface area contributed by atoms with Gasteiger partial charge in [-0.1, -0.05) is 26.0 Å². The fourth-order valence-corrected chi connectivity index (χ4v) is 1.64. The maximum atomic E-state index is 9.12. The van der Waals surface area contributed by atoms with Crippen LogP contribution in [0.1, 0.15) is 44.7 Å². The highest BCUT2D eigenvalue weighted by Crippen LogP contribution is 2.31. The van der Waals surface area contributed by atoms with Crippen LogP contribution >= 0.6 is 0 Å². The molecule has 0 aromatic heterocycles. The highest BCUT2D eigenvalue weighted by Gasteiger charge is 2.21. The van der Waals surface area contributed by atoms with E-state index >= 15 is 0 Å². The van der Waals surface area contributed by atoms with Crippen molar-refractivity contribution < 1.29 is 4.74 Å². The van der Waals surface area contributed by atoms with Crippen molar-refractivity contribution in [2.45, 2.75) is 39.0 Å². The highest BCUT2D eigenvalue weighted by molar-refractivity contribution is 5.43. The van der Waals surface area contributed by atoms with Crippen LogP contribution in [0.25, 0.3) is 0 Å². The lowest BCUT2D eigenvalue weighted by molar-refractivity contribution is 0.407. The average Bonchev–Trinajstić information content (AvgIpc) is 2.28. The van der Waals surface area contributed by atoms with Gasteiger partial charge >= 0.3 is 0 Å². The van der Waals surface area contributed by atoms with E-state index in [9.17, 15) is 0 Å². The minimum absolute atomic E-state index is 0.393. The quantitative estimate of drug-likeness (QED) is 0.774. The van der Waals surface area contributed by atoms with Crippen molar-refractivity contribution >= 4 is 0 Å². The van der Waals surface area contributed by atoms with E-state index in [2.05, 4.69) is 26.0 Å². The minimum atomic E-state index is -0.449. The summed E-state index contributed by atoms with van der Waals surface area (Å²) < 4.78 is 5.33. The molecule has 2 nitrogen and oxygen atoms in total. The van der Waals surface area contributed by atoms with Gasteiger partial charge in [0.2, 0.25) is 0 Å². The van der Waals surface area contributed by atoms with Crippen LogP contribution in [0.3, 0.4) is 0 Å². The van der Waals surface area contributed by atoms with E-state index in [1.54, 1.807) is 7.11 Å². The molecular formula is C14H19NO. The van der Waals surface area contributed by atoms with Crippen LogP contribution in [0, 0.1) is 11.3 Å². The molecule has 0 aliphatic heterocycles. The van der Waals surface area contributed by atoms with Crippen molar-refractivity contribution in [2.24, 2.45) is 0 Å². The SMILES string of the molecule is COc1ccc(C(C)(C)C#N)cc1C(C)C. The molecule has 0 atom stereocenters. The zero-order valence-corrected chi connectivity index (χ0v) is 10.7. The number of benzene rings is 1. The Bertz CT molecular complexity index is 413. The molecular weight excluding hydrogens is 198 g/mol. The van der Waals surface area contributed by atoms with Gasteiger partial charge in [0.05, 0.1) is 18.6 Å². The van der Waals surface area contributed by atoms with Crippen LogP contribution < -0.4 is 4.74 Å². The lowest BCUT2D eigenvalue weighted by Gasteiger charge is -2.19. The van der Waals surface area contributed by atoms with E-state index in [0.717, 1.165) is 16.9 Å². The third-order valence-corrected chi connectivity index (χ3v) is 2.85. The molecule has 16 heavy (non-hydrogen) atoms. The van der Waals surface area contributed by atoms with Crippen LogP contribution in [0.2, 0.25) is 0 Å². The fourth-order valence-electron chi connectivity index (χ4n) is 1.64. The van der Waals surface area contributed by atoms with Gasteiger partial charge in [0.25, 0.3) is 0 Å². The van der Waals surface area contributed by atoms with Crippen molar-refractivity contribution in [3.8, 4) is 11.8 Å². The summed E-state index contributed by atoms with van der Waals surface area (Å²) in [6.07, 6.45) is 0. The molecule has 1 aromatic rings. The monoisotopic (exact) mass is 217 g/mol. The summed E-state index contributed by atoms with van der Waals surface area (Å²) in [5, 5.41) is 9.12. The zero-order chi connectivity index (χ0) is 12.3. The molecule has 0 aliphatic carbocycles. The third kappa shape index (κ3) is 2.36. The Hall–Kier alpha value is -1.49. The van der Waals surface area contributed by atoms with E-state index in [1.165, 1.54) is 0 Å². The van der Waals surface area contributed by atoms with Crippen LogP contribution in [0.5, 0.6) is 5.75 Å². The first kappa shape index (κ1) is 12.6. The van der Waals surface area contributed by atoms with E-state index in [4.69, 9.17) is 10.00 Å². The van der Waals surface area contributed by atoms with Gasteiger partial charge in [-0.15, -0.1) is 0 Å². The molecule has 0 saturated carbocycles. The number of nitrogens with zero attached hydrogens (tertiary/aromatic N) is 1. The molecule has 0 spiro atoms. The Labute approximate surface area is 97.9 Å². The molecule has 0 saturated heterocycles. The van der Waals surface area contributed by atoms with Gasteiger partial charge in [-0.3, -0.25) is 0 Å². The van der Waals surface area contributed by atoms with Crippen molar-refractivity contribution in [2.75, 3.05) is 7.11 Å². The number of methoxy groups -OCH3 is 1. The molecule has 2 heteroatoms. The summed E-state index contributed by atoms with van der Waals surface area (Å²) in [7, 11) is 1.68. The van der Waals surface area contributed by atoms with Crippen molar-refractivity contribution in [1.82, 2.24) is 0 Å². The van der Waals surface area contributed by atoms with E-state index in [0.29, 0.717) is 5.92 Å². The van der Waals surface area contributed by atoms with Gasteiger partial charge in [-0.2, -0.15) is 5.26 Å². The van der Waals surface area contributed by atoms with E-state index in [-0.39, 0.29) is 0 Å². The Kier molecular flexibility index (Phi) is 3.59. The largest absolute Gasteiger partial charge is 0.496 e. The summed E-state index contributed by atoms with van der Waals surface area (Å²) in [6.45, 7) is 8.11. The van der Waals surface area contributed by atoms with Gasteiger partial charge < -0.3 is 4.74 Å². The molecule has 1 rings (SSSR count). The maximum Gasteiger partial charge on any atom is 0.122 e. The summed E-state index contributed by atoms with van der Waals surface area (Å²) in [4.78, 5) is 0. The van der Waals surface area contributed by atoms with Gasteiger partial charge in [0.1, 0.15) is 5.75 Å². The van der Waals surface area contributed by atoms with Gasteiger partial charge in [0.15, 0.2) is 0 Å². The fraction of sp³-hybridized carbons (Fsp3) is 0.500. The second-order valence-corrected chi connectivity index (χ2v) is 4.85. The molecule has 0 radical (unpaired) electrons. The smallest absolute Gasteiger partial charge is 0.122 e. The number of nitriles is 1. The Morgan fingerprint density at radius 2 is 1.94 bits per heavy atom. The molecule has 0 amide bonds. The second kappa shape index (κ2) is 4.57. The van der Waals surface area contributed by atoms with Crippen LogP contribution in [-0.4, -0.2) is 7.11 Å². The first-order valence-electron chi connectivity index (χ1n) is 5.52. The molecule has 0 bridgehead atoms. The van der Waals surface area contributed by atoms with E-state index < -0.39 is 5.41 Å². The van der Waals surface area contributed by atoms with Crippen molar-refractivity contribution in [1.29, 1.82) is 5.26 Å². The Morgan fingerprint density at radius 3 is 2.38 bits per heavy atom. The number of ether oxygens (including phenoxy) is 1. The van der Waals surface area contributed by atoms with Crippen molar-refractivity contribution in [3.05, 3.63) is 29.3 Å². The first-order valence-corrected chi connectivity index (χ1v) is 5.52. The predicted molar refractivity (Wildman–Crippen MR) is 65.7 cm³/mol. The van der Waals surface area contributed by atoms with Gasteiger partial charge in [-0.25, -0.2) is 0 Å². The summed E-state index contributed by atoms with van der Waals surface area (Å²) in [6, 6.07) is 8.31. The summed E-state index contributed by atoms with van der Waals surface area (Å²) >= 11 is 0. The van der Waals surface area contributed by atoms with Crippen LogP contribution in [0.15, 0.2) is 18.2 Å². The molecule has 1 aromatic carbocycles. The number of rotatable bonds is 3. The lowest BCUT2D eigenvalue weighted by Crippen LogP contribution is -2.14. The first-order chi connectivity index (χ1) is 7.42. The Morgan fingerprint density at radius 1 is 1.31 bits per heavy atom. The number of hydrogen-bond donors (Lipinski definition) is 0. The van der Waals surface area contributed by atoms with Gasteiger partial charge in [-0.05, 0) is 37.0 Å².